The highest BCUT2D eigenvalue weighted by Crippen LogP contribution is 2.29. The fourth-order valence-corrected chi connectivity index (χ4v) is 3.10. The summed E-state index contributed by atoms with van der Waals surface area (Å²) in [7, 11) is 0. The summed E-state index contributed by atoms with van der Waals surface area (Å²) in [6, 6.07) is 12.0. The second-order valence-corrected chi connectivity index (χ2v) is 7.44. The first-order valence-corrected chi connectivity index (χ1v) is 10.4. The van der Waals surface area contributed by atoms with E-state index in [4.69, 9.17) is 5.21 Å². The van der Waals surface area contributed by atoms with Crippen molar-refractivity contribution in [2.45, 2.75) is 50.9 Å². The second kappa shape index (κ2) is 12.6. The minimum atomic E-state index is -4.51. The van der Waals surface area contributed by atoms with Crippen LogP contribution in [0.3, 0.4) is 0 Å². The lowest BCUT2D eigenvalue weighted by molar-refractivity contribution is -0.137. The van der Waals surface area contributed by atoms with E-state index in [9.17, 15) is 27.6 Å². The zero-order chi connectivity index (χ0) is 24.3. The molecule has 0 fully saturated rings. The Bertz CT molecular complexity index is 919. The number of rotatable bonds is 11. The first kappa shape index (κ1) is 25.9. The fraction of sp³-hybridized carbons (Fsp3) is 0.348. The SMILES string of the molecule is O=C(CCCCC[C@H](NC(=O)c1ccc(C(F)(F)F)cc1)C(=O)NCc1ccccc1)NO. The third-order valence-electron chi connectivity index (χ3n) is 4.93. The van der Waals surface area contributed by atoms with E-state index in [1.165, 1.54) is 0 Å². The van der Waals surface area contributed by atoms with Gasteiger partial charge in [-0.05, 0) is 42.7 Å². The lowest BCUT2D eigenvalue weighted by Gasteiger charge is -2.19. The normalized spacial score (nSPS) is 12.0. The molecule has 33 heavy (non-hydrogen) atoms. The highest BCUT2D eigenvalue weighted by molar-refractivity contribution is 5.97. The van der Waals surface area contributed by atoms with E-state index in [0.29, 0.717) is 19.3 Å². The van der Waals surface area contributed by atoms with Gasteiger partial charge in [0.2, 0.25) is 11.8 Å². The van der Waals surface area contributed by atoms with E-state index in [1.807, 2.05) is 30.3 Å². The van der Waals surface area contributed by atoms with E-state index < -0.39 is 35.5 Å². The summed E-state index contributed by atoms with van der Waals surface area (Å²) < 4.78 is 38.2. The molecule has 0 aliphatic rings. The minimum absolute atomic E-state index is 0.00322. The van der Waals surface area contributed by atoms with Crippen molar-refractivity contribution >= 4 is 17.7 Å². The topological polar surface area (TPSA) is 108 Å². The highest BCUT2D eigenvalue weighted by atomic mass is 19.4. The summed E-state index contributed by atoms with van der Waals surface area (Å²) in [5.74, 6) is -1.60. The summed E-state index contributed by atoms with van der Waals surface area (Å²) in [5, 5.41) is 13.9. The predicted octanol–water partition coefficient (Wildman–Crippen LogP) is 3.58. The van der Waals surface area contributed by atoms with Crippen LogP contribution in [0.2, 0.25) is 0 Å². The molecule has 0 radical (unpaired) electrons. The van der Waals surface area contributed by atoms with Gasteiger partial charge in [0.1, 0.15) is 6.04 Å². The number of hydrogen-bond donors (Lipinski definition) is 4. The fourth-order valence-electron chi connectivity index (χ4n) is 3.10. The minimum Gasteiger partial charge on any atom is -0.350 e. The van der Waals surface area contributed by atoms with Gasteiger partial charge in [-0.2, -0.15) is 13.2 Å². The van der Waals surface area contributed by atoms with Crippen molar-refractivity contribution in [3.63, 3.8) is 0 Å². The molecule has 0 aliphatic carbocycles. The lowest BCUT2D eigenvalue weighted by atomic mass is 10.0. The van der Waals surface area contributed by atoms with Gasteiger partial charge in [-0.15, -0.1) is 0 Å². The summed E-state index contributed by atoms with van der Waals surface area (Å²) in [6.07, 6.45) is -2.55. The highest BCUT2D eigenvalue weighted by Gasteiger charge is 2.30. The molecule has 1 atom stereocenters. The van der Waals surface area contributed by atoms with Gasteiger partial charge in [-0.1, -0.05) is 43.2 Å². The summed E-state index contributed by atoms with van der Waals surface area (Å²) in [4.78, 5) is 36.3. The van der Waals surface area contributed by atoms with E-state index >= 15 is 0 Å². The molecule has 178 valence electrons. The van der Waals surface area contributed by atoms with Crippen molar-refractivity contribution in [1.82, 2.24) is 16.1 Å². The molecule has 0 bridgehead atoms. The molecule has 4 N–H and O–H groups in total. The molecule has 0 aliphatic heterocycles. The first-order chi connectivity index (χ1) is 15.7. The van der Waals surface area contributed by atoms with Crippen LogP contribution in [0.15, 0.2) is 54.6 Å². The van der Waals surface area contributed by atoms with Crippen LogP contribution in [0.5, 0.6) is 0 Å². The average Bonchev–Trinajstić information content (AvgIpc) is 2.81. The van der Waals surface area contributed by atoms with Crippen LogP contribution in [0, 0.1) is 0 Å². The molecule has 0 aromatic heterocycles. The maximum atomic E-state index is 12.7. The number of carbonyl (C=O) groups excluding carboxylic acids is 3. The molecular formula is C23H26F3N3O4. The Morgan fingerprint density at radius 3 is 2.18 bits per heavy atom. The quantitative estimate of drug-likeness (QED) is 0.231. The Kier molecular flexibility index (Phi) is 9.86. The Balaban J connectivity index is 1.99. The van der Waals surface area contributed by atoms with Crippen molar-refractivity contribution in [3.05, 3.63) is 71.3 Å². The van der Waals surface area contributed by atoms with E-state index in [0.717, 1.165) is 29.8 Å². The van der Waals surface area contributed by atoms with Gasteiger partial charge < -0.3 is 10.6 Å². The number of carbonyl (C=O) groups is 3. The zero-order valence-corrected chi connectivity index (χ0v) is 17.8. The maximum absolute atomic E-state index is 12.7. The van der Waals surface area contributed by atoms with Gasteiger partial charge >= 0.3 is 6.18 Å². The number of halogens is 3. The Hall–Kier alpha value is -3.40. The number of hydroxylamine groups is 1. The molecule has 0 heterocycles. The molecule has 10 heteroatoms. The Morgan fingerprint density at radius 2 is 1.58 bits per heavy atom. The summed E-state index contributed by atoms with van der Waals surface area (Å²) >= 11 is 0. The van der Waals surface area contributed by atoms with Crippen LogP contribution in [0.25, 0.3) is 0 Å². The maximum Gasteiger partial charge on any atom is 0.416 e. The van der Waals surface area contributed by atoms with Gasteiger partial charge in [0.15, 0.2) is 0 Å². The van der Waals surface area contributed by atoms with Crippen LogP contribution in [0.4, 0.5) is 13.2 Å². The number of alkyl halides is 3. The number of amides is 3. The van der Waals surface area contributed by atoms with E-state index in [2.05, 4.69) is 10.6 Å². The summed E-state index contributed by atoms with van der Waals surface area (Å²) in [6.45, 7) is 0.253. The number of hydrogen-bond acceptors (Lipinski definition) is 4. The number of nitrogens with one attached hydrogen (secondary N) is 3. The molecular weight excluding hydrogens is 439 g/mol. The third-order valence-corrected chi connectivity index (χ3v) is 4.93. The average molecular weight is 465 g/mol. The molecule has 2 aromatic carbocycles. The molecule has 0 saturated heterocycles. The van der Waals surface area contributed by atoms with Crippen LogP contribution in [0.1, 0.15) is 53.6 Å². The Labute approximate surface area is 189 Å². The lowest BCUT2D eigenvalue weighted by Crippen LogP contribution is -2.46. The number of unbranched alkanes of at least 4 members (excludes halogenated alkanes) is 2. The number of benzene rings is 2. The van der Waals surface area contributed by atoms with Gasteiger partial charge in [0, 0.05) is 18.5 Å². The monoisotopic (exact) mass is 465 g/mol. The molecule has 3 amide bonds. The summed E-state index contributed by atoms with van der Waals surface area (Å²) in [5.41, 5.74) is 1.54. The van der Waals surface area contributed by atoms with Gasteiger partial charge in [-0.25, -0.2) is 5.48 Å². The van der Waals surface area contributed by atoms with Gasteiger partial charge in [-0.3, -0.25) is 19.6 Å². The van der Waals surface area contributed by atoms with Crippen LogP contribution < -0.4 is 16.1 Å². The molecule has 0 spiro atoms. The molecule has 0 saturated carbocycles. The second-order valence-electron chi connectivity index (χ2n) is 7.44. The van der Waals surface area contributed by atoms with Crippen LogP contribution in [-0.2, 0) is 22.3 Å². The standard InChI is InChI=1S/C23H26F3N3O4/c24-23(25,26)18-13-11-17(12-14-18)21(31)28-19(9-5-2-6-10-20(30)29-33)22(32)27-15-16-7-3-1-4-8-16/h1,3-4,7-8,11-14,19,33H,2,5-6,9-10,15H2,(H,27,32)(H,28,31)(H,29,30)/t19-/m0/s1. The van der Waals surface area contributed by atoms with Crippen molar-refractivity contribution in [2.75, 3.05) is 0 Å². The first-order valence-electron chi connectivity index (χ1n) is 10.4. The predicted molar refractivity (Wildman–Crippen MR) is 114 cm³/mol. The Morgan fingerprint density at radius 1 is 0.909 bits per heavy atom. The van der Waals surface area contributed by atoms with Crippen molar-refractivity contribution in [2.24, 2.45) is 0 Å². The van der Waals surface area contributed by atoms with Crippen molar-refractivity contribution < 1.29 is 32.8 Å². The van der Waals surface area contributed by atoms with Crippen LogP contribution >= 0.6 is 0 Å². The zero-order valence-electron chi connectivity index (χ0n) is 17.8. The van der Waals surface area contributed by atoms with E-state index in [-0.39, 0.29) is 24.9 Å². The van der Waals surface area contributed by atoms with Gasteiger partial charge in [0.05, 0.1) is 5.56 Å². The molecule has 0 unspecified atom stereocenters. The van der Waals surface area contributed by atoms with Gasteiger partial charge in [0.25, 0.3) is 5.91 Å². The van der Waals surface area contributed by atoms with Crippen molar-refractivity contribution in [1.29, 1.82) is 0 Å². The third kappa shape index (κ3) is 8.93. The van der Waals surface area contributed by atoms with Crippen molar-refractivity contribution in [3.8, 4) is 0 Å². The van der Waals surface area contributed by atoms with E-state index in [1.54, 1.807) is 5.48 Å². The molecule has 7 nitrogen and oxygen atoms in total. The van der Waals surface area contributed by atoms with Crippen LogP contribution in [-0.4, -0.2) is 29.0 Å². The smallest absolute Gasteiger partial charge is 0.350 e. The molecule has 2 rings (SSSR count). The molecule has 2 aromatic rings. The largest absolute Gasteiger partial charge is 0.416 e.